The molecule has 0 atom stereocenters. The van der Waals surface area contributed by atoms with Crippen molar-refractivity contribution in [3.05, 3.63) is 49.2 Å². The number of aromatic amines is 1. The van der Waals surface area contributed by atoms with E-state index < -0.39 is 16.2 Å². The van der Waals surface area contributed by atoms with Gasteiger partial charge >= 0.3 is 5.69 Å². The SMILES string of the molecule is CCn1c(=O)[nH]c2cccc([N+](=O)[O-])c2c1=O. The van der Waals surface area contributed by atoms with E-state index in [1.165, 1.54) is 18.2 Å². The molecule has 0 radical (unpaired) electrons. The Kier molecular flexibility index (Phi) is 2.51. The summed E-state index contributed by atoms with van der Waals surface area (Å²) < 4.78 is 0.926. The molecule has 1 aromatic heterocycles. The quantitative estimate of drug-likeness (QED) is 0.609. The average Bonchev–Trinajstić information content (AvgIpc) is 2.28. The number of H-pyrrole nitrogens is 1. The van der Waals surface area contributed by atoms with Crippen molar-refractivity contribution in [3.8, 4) is 0 Å². The number of benzene rings is 1. The van der Waals surface area contributed by atoms with Gasteiger partial charge in [-0.25, -0.2) is 4.79 Å². The fraction of sp³-hybridized carbons (Fsp3) is 0.200. The van der Waals surface area contributed by atoms with Crippen molar-refractivity contribution >= 4 is 16.6 Å². The van der Waals surface area contributed by atoms with Gasteiger partial charge in [0.05, 0.1) is 10.4 Å². The number of nitro benzene ring substituents is 1. The Balaban J connectivity index is 3.05. The van der Waals surface area contributed by atoms with Gasteiger partial charge in [-0.05, 0) is 13.0 Å². The highest BCUT2D eigenvalue weighted by atomic mass is 16.6. The first-order valence-electron chi connectivity index (χ1n) is 4.96. The predicted molar refractivity (Wildman–Crippen MR) is 61.2 cm³/mol. The Hall–Kier alpha value is -2.44. The fourth-order valence-electron chi connectivity index (χ4n) is 1.72. The third-order valence-electron chi connectivity index (χ3n) is 2.50. The first-order chi connectivity index (χ1) is 8.06. The van der Waals surface area contributed by atoms with E-state index in [0.717, 1.165) is 4.57 Å². The van der Waals surface area contributed by atoms with Gasteiger partial charge < -0.3 is 4.98 Å². The second kappa shape index (κ2) is 3.85. The van der Waals surface area contributed by atoms with Crippen LogP contribution in [0.5, 0.6) is 0 Å². The lowest BCUT2D eigenvalue weighted by Crippen LogP contribution is -2.34. The number of hydrogen-bond acceptors (Lipinski definition) is 4. The average molecular weight is 235 g/mol. The molecular formula is C10H9N3O4. The highest BCUT2D eigenvalue weighted by molar-refractivity contribution is 5.86. The Labute approximate surface area is 94.5 Å². The number of rotatable bonds is 2. The van der Waals surface area contributed by atoms with Gasteiger partial charge in [0.2, 0.25) is 0 Å². The van der Waals surface area contributed by atoms with Crippen LogP contribution in [0.25, 0.3) is 10.9 Å². The molecule has 2 rings (SSSR count). The van der Waals surface area contributed by atoms with E-state index in [4.69, 9.17) is 0 Å². The van der Waals surface area contributed by atoms with Crippen molar-refractivity contribution in [1.82, 2.24) is 9.55 Å². The lowest BCUT2D eigenvalue weighted by atomic mass is 10.2. The third kappa shape index (κ3) is 1.61. The molecule has 0 aliphatic rings. The molecule has 1 heterocycles. The molecule has 0 aliphatic carbocycles. The maximum atomic E-state index is 11.9. The Morgan fingerprint density at radius 1 is 1.41 bits per heavy atom. The minimum Gasteiger partial charge on any atom is -0.306 e. The lowest BCUT2D eigenvalue weighted by molar-refractivity contribution is -0.383. The van der Waals surface area contributed by atoms with Crippen LogP contribution >= 0.6 is 0 Å². The van der Waals surface area contributed by atoms with Crippen LogP contribution < -0.4 is 11.2 Å². The first-order valence-corrected chi connectivity index (χ1v) is 4.96. The molecule has 0 saturated heterocycles. The van der Waals surface area contributed by atoms with Crippen LogP contribution in [0.3, 0.4) is 0 Å². The van der Waals surface area contributed by atoms with Gasteiger partial charge in [-0.2, -0.15) is 0 Å². The molecule has 2 aromatic rings. The van der Waals surface area contributed by atoms with Crippen molar-refractivity contribution < 1.29 is 4.92 Å². The zero-order valence-corrected chi connectivity index (χ0v) is 8.97. The molecule has 0 saturated carbocycles. The van der Waals surface area contributed by atoms with Gasteiger partial charge in [0.15, 0.2) is 0 Å². The van der Waals surface area contributed by atoms with Crippen LogP contribution in [-0.2, 0) is 6.54 Å². The molecule has 0 unspecified atom stereocenters. The van der Waals surface area contributed by atoms with E-state index >= 15 is 0 Å². The summed E-state index contributed by atoms with van der Waals surface area (Å²) >= 11 is 0. The van der Waals surface area contributed by atoms with Gasteiger partial charge in [0.1, 0.15) is 5.39 Å². The number of non-ortho nitro benzene ring substituents is 1. The monoisotopic (exact) mass is 235 g/mol. The highest BCUT2D eigenvalue weighted by Crippen LogP contribution is 2.19. The molecule has 17 heavy (non-hydrogen) atoms. The lowest BCUT2D eigenvalue weighted by Gasteiger charge is -2.03. The van der Waals surface area contributed by atoms with Crippen LogP contribution in [0, 0.1) is 10.1 Å². The minimum absolute atomic E-state index is 0.0704. The van der Waals surface area contributed by atoms with E-state index in [0.29, 0.717) is 0 Å². The minimum atomic E-state index is -0.640. The molecule has 0 spiro atoms. The zero-order chi connectivity index (χ0) is 12.6. The summed E-state index contributed by atoms with van der Waals surface area (Å²) in [7, 11) is 0. The van der Waals surface area contributed by atoms with Crippen molar-refractivity contribution in [3.63, 3.8) is 0 Å². The van der Waals surface area contributed by atoms with Gasteiger partial charge in [-0.1, -0.05) is 6.07 Å². The van der Waals surface area contributed by atoms with Crippen LogP contribution in [0.1, 0.15) is 6.92 Å². The molecule has 88 valence electrons. The van der Waals surface area contributed by atoms with Gasteiger partial charge in [0, 0.05) is 12.6 Å². The first kappa shape index (κ1) is 11.1. The summed E-state index contributed by atoms with van der Waals surface area (Å²) in [5.74, 6) is 0. The number of aromatic nitrogens is 2. The van der Waals surface area contributed by atoms with Crippen molar-refractivity contribution in [1.29, 1.82) is 0 Å². The molecule has 1 aromatic carbocycles. The zero-order valence-electron chi connectivity index (χ0n) is 8.97. The largest absolute Gasteiger partial charge is 0.328 e. The second-order valence-electron chi connectivity index (χ2n) is 3.44. The topological polar surface area (TPSA) is 98.0 Å². The number of nitrogens with zero attached hydrogens (tertiary/aromatic N) is 2. The summed E-state index contributed by atoms with van der Waals surface area (Å²) in [4.78, 5) is 36.1. The Bertz CT molecular complexity index is 714. The normalized spacial score (nSPS) is 10.6. The van der Waals surface area contributed by atoms with Gasteiger partial charge in [-0.3, -0.25) is 19.5 Å². The summed E-state index contributed by atoms with van der Waals surface area (Å²) in [5.41, 5.74) is -1.33. The van der Waals surface area contributed by atoms with Crippen molar-refractivity contribution in [2.45, 2.75) is 13.5 Å². The summed E-state index contributed by atoms with van der Waals surface area (Å²) in [6.07, 6.45) is 0. The smallest absolute Gasteiger partial charge is 0.306 e. The second-order valence-corrected chi connectivity index (χ2v) is 3.44. The number of fused-ring (bicyclic) bond motifs is 1. The predicted octanol–water partition coefficient (Wildman–Crippen LogP) is 0.618. The Morgan fingerprint density at radius 3 is 2.71 bits per heavy atom. The molecule has 0 fully saturated rings. The van der Waals surface area contributed by atoms with E-state index in [-0.39, 0.29) is 23.1 Å². The molecule has 0 bridgehead atoms. The Morgan fingerprint density at radius 2 is 2.12 bits per heavy atom. The number of nitro groups is 1. The van der Waals surface area contributed by atoms with Gasteiger partial charge in [0.25, 0.3) is 11.2 Å². The number of nitrogens with one attached hydrogen (secondary N) is 1. The van der Waals surface area contributed by atoms with E-state index in [1.54, 1.807) is 6.92 Å². The third-order valence-corrected chi connectivity index (χ3v) is 2.50. The summed E-state index contributed by atoms with van der Waals surface area (Å²) in [6.45, 7) is 1.79. The molecule has 0 aliphatic heterocycles. The molecular weight excluding hydrogens is 226 g/mol. The standard InChI is InChI=1S/C10H9N3O4/c1-2-12-9(14)8-6(11-10(12)15)4-3-5-7(8)13(16)17/h3-5H,2H2,1H3,(H,11,15). The fourth-order valence-corrected chi connectivity index (χ4v) is 1.72. The molecule has 7 heteroatoms. The van der Waals surface area contributed by atoms with Crippen LogP contribution in [0.15, 0.2) is 27.8 Å². The maximum Gasteiger partial charge on any atom is 0.328 e. The summed E-state index contributed by atoms with van der Waals surface area (Å²) in [5, 5.41) is 10.7. The van der Waals surface area contributed by atoms with Crippen molar-refractivity contribution in [2.24, 2.45) is 0 Å². The summed E-state index contributed by atoms with van der Waals surface area (Å²) in [6, 6.07) is 4.12. The molecule has 1 N–H and O–H groups in total. The maximum absolute atomic E-state index is 11.9. The van der Waals surface area contributed by atoms with Crippen molar-refractivity contribution in [2.75, 3.05) is 0 Å². The molecule has 0 amide bonds. The van der Waals surface area contributed by atoms with Crippen LogP contribution in [0.4, 0.5) is 5.69 Å². The van der Waals surface area contributed by atoms with Crippen LogP contribution in [0.2, 0.25) is 0 Å². The van der Waals surface area contributed by atoms with Gasteiger partial charge in [-0.15, -0.1) is 0 Å². The number of hydrogen-bond donors (Lipinski definition) is 1. The molecule has 7 nitrogen and oxygen atoms in total. The van der Waals surface area contributed by atoms with E-state index in [1.807, 2.05) is 0 Å². The van der Waals surface area contributed by atoms with E-state index in [9.17, 15) is 19.7 Å². The highest BCUT2D eigenvalue weighted by Gasteiger charge is 2.17. The van der Waals surface area contributed by atoms with Crippen LogP contribution in [-0.4, -0.2) is 14.5 Å². The van der Waals surface area contributed by atoms with E-state index in [2.05, 4.69) is 4.98 Å².